The third-order valence-corrected chi connectivity index (χ3v) is 6.38. The Morgan fingerprint density at radius 2 is 2.13 bits per heavy atom. The molecule has 5 heteroatoms. The normalized spacial score (nSPS) is 29.4. The number of thiophene rings is 1. The first-order chi connectivity index (χ1) is 11.2. The molecule has 2 aromatic heterocycles. The maximum Gasteiger partial charge on any atom is 0.261 e. The van der Waals surface area contributed by atoms with Crippen LogP contribution >= 0.6 is 11.3 Å². The van der Waals surface area contributed by atoms with Gasteiger partial charge in [0.2, 0.25) is 0 Å². The minimum absolute atomic E-state index is 0.0655. The molecular weight excluding hydrogens is 306 g/mol. The van der Waals surface area contributed by atoms with E-state index < -0.39 is 0 Å². The number of hydrogen-bond acceptors (Lipinski definition) is 4. The van der Waals surface area contributed by atoms with E-state index in [1.165, 1.54) is 37.3 Å². The molecule has 120 valence electrons. The van der Waals surface area contributed by atoms with Crippen molar-refractivity contribution < 1.29 is 4.79 Å². The molecule has 3 fully saturated rings. The van der Waals surface area contributed by atoms with E-state index in [9.17, 15) is 4.79 Å². The zero-order valence-corrected chi connectivity index (χ0v) is 14.1. The first-order valence-corrected chi connectivity index (χ1v) is 9.09. The number of piperidine rings is 3. The topological polar surface area (TPSA) is 45.2 Å². The molecule has 0 spiro atoms. The van der Waals surface area contributed by atoms with Gasteiger partial charge in [0.05, 0.1) is 4.88 Å². The summed E-state index contributed by atoms with van der Waals surface area (Å²) < 4.78 is 0. The summed E-state index contributed by atoms with van der Waals surface area (Å²) in [6.07, 6.45) is 6.02. The number of pyridine rings is 1. The Hall–Kier alpha value is -1.72. The number of carbonyl (C=O) groups is 1. The molecule has 2 aromatic rings. The van der Waals surface area contributed by atoms with Crippen LogP contribution in [0.15, 0.2) is 36.7 Å². The summed E-state index contributed by atoms with van der Waals surface area (Å²) in [5.41, 5.74) is 1.06. The molecule has 3 saturated heterocycles. The molecule has 0 aliphatic carbocycles. The highest BCUT2D eigenvalue weighted by atomic mass is 32.1. The maximum atomic E-state index is 12.6. The Bertz CT molecular complexity index is 689. The zero-order chi connectivity index (χ0) is 15.8. The Morgan fingerprint density at radius 3 is 2.83 bits per heavy atom. The van der Waals surface area contributed by atoms with Crippen LogP contribution in [-0.2, 0) is 0 Å². The van der Waals surface area contributed by atoms with Crippen LogP contribution in [-0.4, -0.2) is 41.0 Å². The fourth-order valence-electron chi connectivity index (χ4n) is 3.89. The summed E-state index contributed by atoms with van der Waals surface area (Å²) >= 11 is 1.54. The van der Waals surface area contributed by atoms with E-state index in [-0.39, 0.29) is 11.9 Å². The Labute approximate surface area is 140 Å². The van der Waals surface area contributed by atoms with Crippen molar-refractivity contribution in [1.82, 2.24) is 15.2 Å². The Kier molecular flexibility index (Phi) is 3.91. The summed E-state index contributed by atoms with van der Waals surface area (Å²) in [5, 5.41) is 3.30. The highest BCUT2D eigenvalue weighted by Gasteiger charge is 2.40. The van der Waals surface area contributed by atoms with Crippen LogP contribution in [0.5, 0.6) is 0 Å². The number of amides is 1. The van der Waals surface area contributed by atoms with E-state index in [1.54, 1.807) is 6.20 Å². The van der Waals surface area contributed by atoms with Gasteiger partial charge in [0.15, 0.2) is 0 Å². The minimum Gasteiger partial charge on any atom is -0.347 e. The van der Waals surface area contributed by atoms with Gasteiger partial charge in [-0.25, -0.2) is 0 Å². The summed E-state index contributed by atoms with van der Waals surface area (Å²) in [5.74, 6) is 0.701. The number of nitrogens with zero attached hydrogens (tertiary/aromatic N) is 2. The Balaban J connectivity index is 1.49. The monoisotopic (exact) mass is 327 g/mol. The van der Waals surface area contributed by atoms with Crippen molar-refractivity contribution in [2.75, 3.05) is 13.1 Å². The quantitative estimate of drug-likeness (QED) is 0.942. The van der Waals surface area contributed by atoms with Crippen molar-refractivity contribution in [2.45, 2.75) is 31.8 Å². The largest absolute Gasteiger partial charge is 0.347 e. The highest BCUT2D eigenvalue weighted by molar-refractivity contribution is 7.17. The van der Waals surface area contributed by atoms with E-state index in [2.05, 4.69) is 22.1 Å². The van der Waals surface area contributed by atoms with Gasteiger partial charge in [0.25, 0.3) is 5.91 Å². The van der Waals surface area contributed by atoms with E-state index in [4.69, 9.17) is 0 Å². The third kappa shape index (κ3) is 2.79. The van der Waals surface area contributed by atoms with Gasteiger partial charge in [-0.1, -0.05) is 6.07 Å². The van der Waals surface area contributed by atoms with Gasteiger partial charge in [-0.2, -0.15) is 0 Å². The lowest BCUT2D eigenvalue weighted by molar-refractivity contribution is 0.0218. The summed E-state index contributed by atoms with van der Waals surface area (Å²) in [4.78, 5) is 21.2. The molecule has 4 nitrogen and oxygen atoms in total. The number of nitrogens with one attached hydrogen (secondary N) is 1. The van der Waals surface area contributed by atoms with Gasteiger partial charge in [-0.05, 0) is 57.0 Å². The van der Waals surface area contributed by atoms with Gasteiger partial charge in [0, 0.05) is 34.9 Å². The van der Waals surface area contributed by atoms with Crippen LogP contribution in [0.3, 0.4) is 0 Å². The van der Waals surface area contributed by atoms with Crippen molar-refractivity contribution in [2.24, 2.45) is 5.92 Å². The molecule has 3 aliphatic heterocycles. The molecule has 0 aromatic carbocycles. The van der Waals surface area contributed by atoms with Gasteiger partial charge >= 0.3 is 0 Å². The molecule has 3 aliphatic rings. The van der Waals surface area contributed by atoms with Crippen LogP contribution < -0.4 is 5.32 Å². The van der Waals surface area contributed by atoms with E-state index in [0.29, 0.717) is 12.0 Å². The molecule has 2 atom stereocenters. The molecule has 0 radical (unpaired) electrons. The molecule has 5 heterocycles. The summed E-state index contributed by atoms with van der Waals surface area (Å²) in [7, 11) is 0. The first-order valence-electron chi connectivity index (χ1n) is 8.27. The number of carbonyl (C=O) groups excluding carboxylic acids is 1. The van der Waals surface area contributed by atoms with Crippen LogP contribution in [0.2, 0.25) is 0 Å². The smallest absolute Gasteiger partial charge is 0.261 e. The average Bonchev–Trinajstić information content (AvgIpc) is 3.09. The fourth-order valence-corrected chi connectivity index (χ4v) is 4.79. The van der Waals surface area contributed by atoms with Crippen LogP contribution in [0.1, 0.15) is 29.4 Å². The minimum atomic E-state index is 0.0655. The second-order valence-corrected chi connectivity index (χ2v) is 7.60. The van der Waals surface area contributed by atoms with E-state index in [0.717, 1.165) is 15.3 Å². The van der Waals surface area contributed by atoms with Crippen molar-refractivity contribution in [3.63, 3.8) is 0 Å². The van der Waals surface area contributed by atoms with E-state index >= 15 is 0 Å². The molecule has 5 rings (SSSR count). The lowest BCUT2D eigenvalue weighted by atomic mass is 9.79. The molecule has 2 bridgehead atoms. The second-order valence-electron chi connectivity index (χ2n) is 6.52. The van der Waals surface area contributed by atoms with Gasteiger partial charge in [-0.3, -0.25) is 14.7 Å². The molecule has 0 unspecified atom stereocenters. The molecule has 0 saturated carbocycles. The predicted molar refractivity (Wildman–Crippen MR) is 92.6 cm³/mol. The molecular formula is C18H21N3OS. The van der Waals surface area contributed by atoms with Gasteiger partial charge in [-0.15, -0.1) is 11.3 Å². The summed E-state index contributed by atoms with van der Waals surface area (Å²) in [6, 6.07) is 8.61. The van der Waals surface area contributed by atoms with Crippen molar-refractivity contribution >= 4 is 17.2 Å². The van der Waals surface area contributed by atoms with E-state index in [1.807, 2.05) is 30.5 Å². The molecule has 1 amide bonds. The van der Waals surface area contributed by atoms with Crippen molar-refractivity contribution in [1.29, 1.82) is 0 Å². The van der Waals surface area contributed by atoms with Crippen molar-refractivity contribution in [3.05, 3.63) is 41.5 Å². The van der Waals surface area contributed by atoms with Crippen LogP contribution in [0.25, 0.3) is 10.4 Å². The predicted octanol–water partition coefficient (Wildman–Crippen LogP) is 3.02. The standard InChI is InChI=1S/C18H21N3OS/c1-12-17(13-6-9-21(12)10-7-13)20-18(22)16-5-4-15(23-16)14-3-2-8-19-11-14/h2-5,8,11-13,17H,6-7,9-10H2,1H3,(H,20,22)/t12-,17-/m0/s1. The van der Waals surface area contributed by atoms with Gasteiger partial charge < -0.3 is 5.32 Å². The summed E-state index contributed by atoms with van der Waals surface area (Å²) in [6.45, 7) is 4.61. The van der Waals surface area contributed by atoms with Crippen molar-refractivity contribution in [3.8, 4) is 10.4 Å². The number of rotatable bonds is 3. The lowest BCUT2D eigenvalue weighted by Gasteiger charge is -2.49. The van der Waals surface area contributed by atoms with Crippen LogP contribution in [0, 0.1) is 5.92 Å². The van der Waals surface area contributed by atoms with Crippen LogP contribution in [0.4, 0.5) is 0 Å². The lowest BCUT2D eigenvalue weighted by Crippen LogP contribution is -2.62. The average molecular weight is 327 g/mol. The Morgan fingerprint density at radius 1 is 1.30 bits per heavy atom. The number of hydrogen-bond donors (Lipinski definition) is 1. The zero-order valence-electron chi connectivity index (χ0n) is 13.2. The van der Waals surface area contributed by atoms with Gasteiger partial charge in [0.1, 0.15) is 0 Å². The second kappa shape index (κ2) is 6.06. The number of fused-ring (bicyclic) bond motifs is 3. The fraction of sp³-hybridized carbons (Fsp3) is 0.444. The first kappa shape index (κ1) is 14.8. The maximum absolute atomic E-state index is 12.6. The number of aromatic nitrogens is 1. The molecule has 23 heavy (non-hydrogen) atoms. The SMILES string of the molecule is C[C@H]1[C@H](NC(=O)c2ccc(-c3cccnc3)s2)C2CCN1CC2. The third-order valence-electron chi connectivity index (χ3n) is 5.25. The molecule has 1 N–H and O–H groups in total. The highest BCUT2D eigenvalue weighted by Crippen LogP contribution is 2.33.